The largest absolute Gasteiger partial charge is 0.495 e. The molecule has 1 aliphatic rings. The highest BCUT2D eigenvalue weighted by Crippen LogP contribution is 2.28. The van der Waals surface area contributed by atoms with Crippen molar-refractivity contribution in [1.82, 2.24) is 14.9 Å². The molecular formula is C22H25N5O2S. The van der Waals surface area contributed by atoms with Gasteiger partial charge in [0.1, 0.15) is 11.6 Å². The lowest BCUT2D eigenvalue weighted by molar-refractivity contribution is -0.130. The summed E-state index contributed by atoms with van der Waals surface area (Å²) in [5.41, 5.74) is 2.80. The zero-order valence-corrected chi connectivity index (χ0v) is 18.0. The molecule has 3 heterocycles. The lowest BCUT2D eigenvalue weighted by Crippen LogP contribution is -2.49. The fraction of sp³-hybridized carbons (Fsp3) is 0.318. The molecule has 30 heavy (non-hydrogen) atoms. The minimum Gasteiger partial charge on any atom is -0.495 e. The molecule has 1 aliphatic heterocycles. The number of amides is 1. The fourth-order valence-electron chi connectivity index (χ4n) is 3.52. The number of hydrogen-bond donors (Lipinski definition) is 1. The van der Waals surface area contributed by atoms with Crippen molar-refractivity contribution in [2.45, 2.75) is 13.3 Å². The van der Waals surface area contributed by atoms with Crippen LogP contribution < -0.4 is 15.0 Å². The predicted molar refractivity (Wildman–Crippen MR) is 120 cm³/mol. The van der Waals surface area contributed by atoms with Gasteiger partial charge in [0.05, 0.1) is 24.9 Å². The van der Waals surface area contributed by atoms with Crippen molar-refractivity contribution >= 4 is 33.9 Å². The molecule has 7 nitrogen and oxygen atoms in total. The number of methoxy groups -OCH3 is 1. The third-order valence-corrected chi connectivity index (χ3v) is 5.87. The monoisotopic (exact) mass is 423 g/mol. The smallest absolute Gasteiger partial charge is 0.228 e. The molecule has 1 fully saturated rings. The first-order chi connectivity index (χ1) is 14.6. The number of nitrogens with one attached hydrogen (secondary N) is 1. The molecule has 8 heteroatoms. The van der Waals surface area contributed by atoms with Crippen LogP contribution in [0.25, 0.3) is 0 Å². The maximum atomic E-state index is 12.8. The molecule has 1 amide bonds. The molecule has 1 aromatic carbocycles. The third-order valence-electron chi connectivity index (χ3n) is 5.07. The Balaban J connectivity index is 1.31. The summed E-state index contributed by atoms with van der Waals surface area (Å²) in [5.74, 6) is 1.73. The number of anilines is 3. The van der Waals surface area contributed by atoms with E-state index in [1.165, 1.54) is 11.3 Å². The number of ether oxygens (including phenoxy) is 1. The minimum atomic E-state index is 0.111. The number of carbonyl (C=O) groups is 1. The SMILES string of the molecule is COc1ccccc1N1CCN(C(=O)Cc2csc(Nc3cccc(C)n3)n2)CC1. The summed E-state index contributed by atoms with van der Waals surface area (Å²) >= 11 is 1.49. The Labute approximate surface area is 180 Å². The van der Waals surface area contributed by atoms with E-state index in [-0.39, 0.29) is 5.91 Å². The maximum absolute atomic E-state index is 12.8. The van der Waals surface area contributed by atoms with E-state index in [4.69, 9.17) is 4.74 Å². The average molecular weight is 424 g/mol. The molecule has 1 N–H and O–H groups in total. The second-order valence-electron chi connectivity index (χ2n) is 7.15. The molecule has 0 unspecified atom stereocenters. The van der Waals surface area contributed by atoms with Crippen molar-refractivity contribution in [3.63, 3.8) is 0 Å². The molecule has 2 aromatic heterocycles. The molecule has 0 spiro atoms. The number of thiazole rings is 1. The number of aromatic nitrogens is 2. The quantitative estimate of drug-likeness (QED) is 0.655. The second-order valence-corrected chi connectivity index (χ2v) is 8.01. The standard InChI is InChI=1S/C22H25N5O2S/c1-16-6-5-9-20(23-16)25-22-24-17(15-30-22)14-21(28)27-12-10-26(11-13-27)18-7-3-4-8-19(18)29-2/h3-9,15H,10-14H2,1-2H3,(H,23,24,25). The molecule has 4 rings (SSSR count). The van der Waals surface area contributed by atoms with Gasteiger partial charge < -0.3 is 19.9 Å². The Kier molecular flexibility index (Phi) is 6.13. The van der Waals surface area contributed by atoms with E-state index >= 15 is 0 Å². The van der Waals surface area contributed by atoms with Crippen LogP contribution in [-0.2, 0) is 11.2 Å². The van der Waals surface area contributed by atoms with Gasteiger partial charge in [0.25, 0.3) is 0 Å². The lowest BCUT2D eigenvalue weighted by atomic mass is 10.2. The van der Waals surface area contributed by atoms with Crippen molar-refractivity contribution in [1.29, 1.82) is 0 Å². The average Bonchev–Trinajstić information content (AvgIpc) is 3.20. The van der Waals surface area contributed by atoms with E-state index in [2.05, 4.69) is 26.3 Å². The summed E-state index contributed by atoms with van der Waals surface area (Å²) < 4.78 is 5.46. The number of para-hydroxylation sites is 2. The van der Waals surface area contributed by atoms with Crippen LogP contribution in [0.5, 0.6) is 5.75 Å². The third kappa shape index (κ3) is 4.71. The molecule has 1 saturated heterocycles. The zero-order valence-electron chi connectivity index (χ0n) is 17.2. The number of piperazine rings is 1. The van der Waals surface area contributed by atoms with Crippen molar-refractivity contribution in [3.05, 3.63) is 59.2 Å². The van der Waals surface area contributed by atoms with Gasteiger partial charge in [-0.1, -0.05) is 18.2 Å². The normalized spacial score (nSPS) is 13.9. The molecule has 0 aliphatic carbocycles. The van der Waals surface area contributed by atoms with Gasteiger partial charge in [-0.05, 0) is 31.2 Å². The van der Waals surface area contributed by atoms with Crippen LogP contribution in [0.15, 0.2) is 47.8 Å². The van der Waals surface area contributed by atoms with E-state index in [1.54, 1.807) is 7.11 Å². The van der Waals surface area contributed by atoms with E-state index in [9.17, 15) is 4.79 Å². The van der Waals surface area contributed by atoms with Crippen molar-refractivity contribution in [3.8, 4) is 5.75 Å². The summed E-state index contributed by atoms with van der Waals surface area (Å²) in [4.78, 5) is 25.9. The Morgan fingerprint density at radius 1 is 1.10 bits per heavy atom. The van der Waals surface area contributed by atoms with Crippen molar-refractivity contribution < 1.29 is 9.53 Å². The molecular weight excluding hydrogens is 398 g/mol. The number of rotatable bonds is 6. The summed E-state index contributed by atoms with van der Waals surface area (Å²) in [6.45, 7) is 4.91. The van der Waals surface area contributed by atoms with Gasteiger partial charge in [-0.3, -0.25) is 4.79 Å². The van der Waals surface area contributed by atoms with Gasteiger partial charge in [-0.25, -0.2) is 9.97 Å². The number of aryl methyl sites for hydroxylation is 1. The zero-order chi connectivity index (χ0) is 20.9. The fourth-order valence-corrected chi connectivity index (χ4v) is 4.24. The van der Waals surface area contributed by atoms with Crippen molar-refractivity contribution in [2.24, 2.45) is 0 Å². The molecule has 3 aromatic rings. The summed E-state index contributed by atoms with van der Waals surface area (Å²) in [5, 5.41) is 5.88. The Morgan fingerprint density at radius 3 is 2.67 bits per heavy atom. The van der Waals surface area contributed by atoms with Gasteiger partial charge in [-0.2, -0.15) is 0 Å². The summed E-state index contributed by atoms with van der Waals surface area (Å²) in [7, 11) is 1.69. The number of nitrogens with zero attached hydrogens (tertiary/aromatic N) is 4. The van der Waals surface area contributed by atoms with E-state index in [0.717, 1.165) is 46.9 Å². The molecule has 0 atom stereocenters. The summed E-state index contributed by atoms with van der Waals surface area (Å²) in [6, 6.07) is 13.8. The minimum absolute atomic E-state index is 0.111. The van der Waals surface area contributed by atoms with Crippen LogP contribution in [-0.4, -0.2) is 54.1 Å². The topological polar surface area (TPSA) is 70.6 Å². The maximum Gasteiger partial charge on any atom is 0.228 e. The molecule has 0 saturated carbocycles. The highest BCUT2D eigenvalue weighted by Gasteiger charge is 2.23. The summed E-state index contributed by atoms with van der Waals surface area (Å²) in [6.07, 6.45) is 0.314. The molecule has 0 radical (unpaired) electrons. The van der Waals surface area contributed by atoms with Gasteiger partial charge in [0.2, 0.25) is 5.91 Å². The Hall–Kier alpha value is -3.13. The van der Waals surface area contributed by atoms with Crippen LogP contribution in [0.4, 0.5) is 16.6 Å². The van der Waals surface area contributed by atoms with E-state index in [1.807, 2.05) is 53.6 Å². The Morgan fingerprint density at radius 2 is 1.90 bits per heavy atom. The highest BCUT2D eigenvalue weighted by molar-refractivity contribution is 7.13. The Bertz CT molecular complexity index is 1010. The van der Waals surface area contributed by atoms with Gasteiger partial charge >= 0.3 is 0 Å². The first kappa shape index (κ1) is 20.2. The van der Waals surface area contributed by atoms with Crippen LogP contribution >= 0.6 is 11.3 Å². The number of hydrogen-bond acceptors (Lipinski definition) is 7. The highest BCUT2D eigenvalue weighted by atomic mass is 32.1. The van der Waals surface area contributed by atoms with Crippen LogP contribution in [0.1, 0.15) is 11.4 Å². The van der Waals surface area contributed by atoms with E-state index < -0.39 is 0 Å². The molecule has 156 valence electrons. The second kappa shape index (κ2) is 9.13. The van der Waals surface area contributed by atoms with Crippen LogP contribution in [0, 0.1) is 6.92 Å². The number of pyridine rings is 1. The van der Waals surface area contributed by atoms with Crippen LogP contribution in [0.2, 0.25) is 0 Å². The van der Waals surface area contributed by atoms with Crippen molar-refractivity contribution in [2.75, 3.05) is 43.5 Å². The van der Waals surface area contributed by atoms with Crippen LogP contribution in [0.3, 0.4) is 0 Å². The first-order valence-electron chi connectivity index (χ1n) is 9.93. The number of benzene rings is 1. The predicted octanol–water partition coefficient (Wildman–Crippen LogP) is 3.49. The lowest BCUT2D eigenvalue weighted by Gasteiger charge is -2.36. The molecule has 0 bridgehead atoms. The first-order valence-corrected chi connectivity index (χ1v) is 10.8. The van der Waals surface area contributed by atoms with E-state index in [0.29, 0.717) is 19.5 Å². The number of carbonyl (C=O) groups excluding carboxylic acids is 1. The van der Waals surface area contributed by atoms with Gasteiger partial charge in [0.15, 0.2) is 5.13 Å². The van der Waals surface area contributed by atoms with Gasteiger partial charge in [-0.15, -0.1) is 11.3 Å². The van der Waals surface area contributed by atoms with Gasteiger partial charge in [0, 0.05) is 37.3 Å².